The summed E-state index contributed by atoms with van der Waals surface area (Å²) >= 11 is 0. The summed E-state index contributed by atoms with van der Waals surface area (Å²) in [6, 6.07) is 34.2. The van der Waals surface area contributed by atoms with Gasteiger partial charge >= 0.3 is 59.1 Å². The number of hydrogen-bond acceptors (Lipinski definition) is 16. The van der Waals surface area contributed by atoms with Crippen molar-refractivity contribution >= 4 is 70.6 Å². The Hall–Kier alpha value is -4.72. The quantitative estimate of drug-likeness (QED) is 0.0378. The number of nitrogens with one attached hydrogen (secondary N) is 4. The smallest absolute Gasteiger partial charge is 1.00 e. The van der Waals surface area contributed by atoms with Gasteiger partial charge in [0.1, 0.15) is 24.9 Å². The van der Waals surface area contributed by atoms with Crippen LogP contribution in [0.1, 0.15) is 41.7 Å². The molecule has 0 aliphatic heterocycles. The Kier molecular flexibility index (Phi) is 17.3. The van der Waals surface area contributed by atoms with Crippen LogP contribution in [0.2, 0.25) is 0 Å². The van der Waals surface area contributed by atoms with E-state index in [0.717, 1.165) is 33.9 Å². The minimum absolute atomic E-state index is 0. The van der Waals surface area contributed by atoms with Crippen molar-refractivity contribution < 1.29 is 82.4 Å². The number of aliphatic hydroxyl groups is 4. The molecule has 16 nitrogen and oxygen atoms in total. The van der Waals surface area contributed by atoms with Crippen molar-refractivity contribution in [2.45, 2.75) is 52.6 Å². The average Bonchev–Trinajstić information content (AvgIpc) is 3.15. The third kappa shape index (κ3) is 12.9. The van der Waals surface area contributed by atoms with Crippen molar-refractivity contribution in [3.05, 3.63) is 120 Å². The Morgan fingerprint density at radius 2 is 0.672 bits per heavy atom. The summed E-state index contributed by atoms with van der Waals surface area (Å²) < 4.78 is 0. The topological polar surface area (TPSA) is 213 Å². The van der Waals surface area contributed by atoms with Crippen LogP contribution < -0.4 is 90.2 Å². The molecule has 0 bridgehead atoms. The van der Waals surface area contributed by atoms with Gasteiger partial charge in [0.05, 0.1) is 0 Å². The predicted octanol–water partition coefficient (Wildman–Crippen LogP) is 0.400. The number of para-hydroxylation sites is 2. The number of nitrogens with zero attached hydrogens (tertiary/aromatic N) is 8. The van der Waals surface area contributed by atoms with Crippen molar-refractivity contribution in [1.82, 2.24) is 29.9 Å². The maximum absolute atomic E-state index is 10.3. The van der Waals surface area contributed by atoms with E-state index in [9.17, 15) is 20.4 Å². The Morgan fingerprint density at radius 1 is 0.414 bits per heavy atom. The molecule has 4 aromatic carbocycles. The fourth-order valence-corrected chi connectivity index (χ4v) is 5.58. The fraction of sp³-hybridized carbons (Fsp3) is 0.200. The molecular weight excluding hydrogens is 758 g/mol. The first-order chi connectivity index (χ1) is 27.0. The molecule has 4 atom stereocenters. The molecule has 0 aliphatic rings. The van der Waals surface area contributed by atoms with Gasteiger partial charge < -0.3 is 44.5 Å². The summed E-state index contributed by atoms with van der Waals surface area (Å²) in [6.07, 6.45) is -0.263. The molecule has 0 saturated carbocycles. The molecule has 6 aromatic rings. The van der Waals surface area contributed by atoms with Gasteiger partial charge in [-0.25, -0.2) is 0 Å². The van der Waals surface area contributed by atoms with Crippen LogP contribution in [0.3, 0.4) is 0 Å². The number of hydrogen-bond donors (Lipinski definition) is 8. The van der Waals surface area contributed by atoms with E-state index in [1.165, 1.54) is 37.5 Å². The number of aromatic nitrogens is 6. The van der Waals surface area contributed by atoms with Crippen LogP contribution in [0.25, 0.3) is 12.2 Å². The first kappa shape index (κ1) is 46.0. The van der Waals surface area contributed by atoms with Crippen molar-refractivity contribution in [3.63, 3.8) is 0 Å². The van der Waals surface area contributed by atoms with Gasteiger partial charge in [-0.2, -0.15) is 29.9 Å². The minimum atomic E-state index is -1.06. The molecule has 4 unspecified atom stereocenters. The van der Waals surface area contributed by atoms with E-state index < -0.39 is 24.9 Å². The van der Waals surface area contributed by atoms with E-state index in [4.69, 9.17) is 0 Å². The van der Waals surface area contributed by atoms with Gasteiger partial charge in [-0.15, -0.1) is 0 Å². The summed E-state index contributed by atoms with van der Waals surface area (Å²) in [7, 11) is 0. The molecule has 0 fully saturated rings. The van der Waals surface area contributed by atoms with E-state index in [1.54, 1.807) is 0 Å². The van der Waals surface area contributed by atoms with Crippen molar-refractivity contribution in [2.24, 2.45) is 0 Å². The second-order valence-electron chi connectivity index (χ2n) is 12.7. The van der Waals surface area contributed by atoms with Gasteiger partial charge in [-0.1, -0.05) is 72.8 Å². The monoisotopic (exact) mass is 804 g/mol. The fourth-order valence-electron chi connectivity index (χ4n) is 5.58. The van der Waals surface area contributed by atoms with Gasteiger partial charge in [0.15, 0.2) is 0 Å². The molecule has 18 heteroatoms. The molecule has 0 aliphatic carbocycles. The molecule has 2 heterocycles. The standard InChI is InChI=1S/C40H44N12O4.2Na.2H/c1-25(53)51(26(2)54)39-47-35(41-31-11-7-5-8-12-31)45-37(49-39)43-33-21-17-29(18-22-33)15-16-30-19-23-34(24-20-30)44-38-46-36(42-32-13-9-6-10-14-32)48-40(50-38)52(27(3)55)28(4)56;;;;/h5-28,53-56H,1-4H3,(H2,41,43,45,47,49)(H2,42,44,46,48,50);;;;/q;2*+1;2*-1. The van der Waals surface area contributed by atoms with Crippen LogP contribution in [0, 0.1) is 0 Å². The SMILES string of the molecule is CC(O)N(c1nc(Nc2ccccc2)nc(Nc2ccc(C=Cc3ccc(Nc4nc(Nc5ccccc5)nc(N(C(C)O)C(C)O)n4)cc3)cc2)n1)C(C)O.[H-].[H-].[Na+].[Na+]. The van der Waals surface area contributed by atoms with Crippen molar-refractivity contribution in [2.75, 3.05) is 31.1 Å². The van der Waals surface area contributed by atoms with E-state index in [-0.39, 0.29) is 97.7 Å². The Morgan fingerprint density at radius 3 is 0.931 bits per heavy atom. The summed E-state index contributed by atoms with van der Waals surface area (Å²) in [5.74, 6) is 1.09. The molecule has 6 rings (SSSR count). The summed E-state index contributed by atoms with van der Waals surface area (Å²) in [5.41, 5.74) is 4.86. The second kappa shape index (κ2) is 21.9. The maximum atomic E-state index is 10.3. The van der Waals surface area contributed by atoms with E-state index >= 15 is 0 Å². The zero-order valence-electron chi connectivity index (χ0n) is 35.2. The van der Waals surface area contributed by atoms with Crippen LogP contribution >= 0.6 is 0 Å². The third-order valence-electron chi connectivity index (χ3n) is 8.18. The number of anilines is 10. The maximum Gasteiger partial charge on any atom is 1.00 e. The van der Waals surface area contributed by atoms with Crippen LogP contribution in [0.4, 0.5) is 58.4 Å². The van der Waals surface area contributed by atoms with Crippen LogP contribution in [0.15, 0.2) is 109 Å². The molecule has 0 saturated heterocycles. The van der Waals surface area contributed by atoms with Gasteiger partial charge in [-0.3, -0.25) is 9.80 Å². The van der Waals surface area contributed by atoms with Gasteiger partial charge in [0, 0.05) is 22.7 Å². The number of rotatable bonds is 16. The minimum Gasteiger partial charge on any atom is -1.00 e. The second-order valence-corrected chi connectivity index (χ2v) is 12.7. The van der Waals surface area contributed by atoms with E-state index in [1.807, 2.05) is 121 Å². The number of benzene rings is 4. The van der Waals surface area contributed by atoms with Crippen LogP contribution in [-0.4, -0.2) is 75.2 Å². The molecule has 2 aromatic heterocycles. The zero-order chi connectivity index (χ0) is 39.6. The normalized spacial score (nSPS) is 12.9. The number of aliphatic hydroxyl groups excluding tert-OH is 4. The Labute approximate surface area is 384 Å². The predicted molar refractivity (Wildman–Crippen MR) is 221 cm³/mol. The van der Waals surface area contributed by atoms with E-state index in [0.29, 0.717) is 0 Å². The van der Waals surface area contributed by atoms with Crippen molar-refractivity contribution in [3.8, 4) is 0 Å². The van der Waals surface area contributed by atoms with Gasteiger partial charge in [0.25, 0.3) is 0 Å². The molecule has 0 amide bonds. The molecular formula is C40H46N12Na2O4. The summed E-state index contributed by atoms with van der Waals surface area (Å²) in [6.45, 7) is 6.08. The Bertz CT molecular complexity index is 2040. The van der Waals surface area contributed by atoms with Gasteiger partial charge in [-0.05, 0) is 87.4 Å². The van der Waals surface area contributed by atoms with Crippen LogP contribution in [0.5, 0.6) is 0 Å². The first-order valence-corrected chi connectivity index (χ1v) is 17.9. The summed E-state index contributed by atoms with van der Waals surface area (Å²) in [4.78, 5) is 29.4. The van der Waals surface area contributed by atoms with E-state index in [2.05, 4.69) is 51.2 Å². The first-order valence-electron chi connectivity index (χ1n) is 17.9. The summed E-state index contributed by atoms with van der Waals surface area (Å²) in [5, 5.41) is 54.0. The van der Waals surface area contributed by atoms with Crippen LogP contribution in [-0.2, 0) is 0 Å². The molecule has 8 N–H and O–H groups in total. The molecule has 292 valence electrons. The third-order valence-corrected chi connectivity index (χ3v) is 8.18. The molecule has 0 radical (unpaired) electrons. The molecule has 58 heavy (non-hydrogen) atoms. The largest absolute Gasteiger partial charge is 1.00 e. The van der Waals surface area contributed by atoms with Crippen molar-refractivity contribution in [1.29, 1.82) is 0 Å². The average molecular weight is 805 g/mol. The molecule has 0 spiro atoms. The van der Waals surface area contributed by atoms with Gasteiger partial charge in [0.2, 0.25) is 35.7 Å². The Balaban J connectivity index is 0.00000310. The zero-order valence-corrected chi connectivity index (χ0v) is 37.2.